The quantitative estimate of drug-likeness (QED) is 0.329. The summed E-state index contributed by atoms with van der Waals surface area (Å²) in [6.07, 6.45) is 9.71. The maximum atomic E-state index is 13.4. The molecule has 7 heteroatoms. The standard InChI is InChI=1S/C27H30INO5/c1-4-13-34-27-18(28)15-17(16-23(27)33-5-2)24-25-19(8-6-10-21(25)30)29(12-14-32-3)20-9-7-11-22(31)26(20)24/h1,15-16,24H,5-14H2,2-3H3. The number of nitrogens with zero attached hydrogens (tertiary/aromatic N) is 1. The van der Waals surface area contributed by atoms with Crippen molar-refractivity contribution in [2.75, 3.05) is 33.5 Å². The van der Waals surface area contributed by atoms with Crippen molar-refractivity contribution in [3.05, 3.63) is 43.8 Å². The number of carbonyl (C=O) groups is 2. The smallest absolute Gasteiger partial charge is 0.175 e. The van der Waals surface area contributed by atoms with Gasteiger partial charge in [0.2, 0.25) is 0 Å². The fourth-order valence-electron chi connectivity index (χ4n) is 5.27. The number of terminal acetylenes is 1. The van der Waals surface area contributed by atoms with Crippen molar-refractivity contribution >= 4 is 34.2 Å². The summed E-state index contributed by atoms with van der Waals surface area (Å²) in [6.45, 7) is 3.68. The van der Waals surface area contributed by atoms with Gasteiger partial charge in [0.15, 0.2) is 23.1 Å². The number of carbonyl (C=O) groups excluding carboxylic acids is 2. The highest BCUT2D eigenvalue weighted by Gasteiger charge is 2.43. The van der Waals surface area contributed by atoms with E-state index in [9.17, 15) is 9.59 Å². The first kappa shape index (κ1) is 24.8. The molecule has 0 atom stereocenters. The summed E-state index contributed by atoms with van der Waals surface area (Å²) in [5.41, 5.74) is 4.50. The molecule has 0 fully saturated rings. The fraction of sp³-hybridized carbons (Fsp3) is 0.481. The molecular formula is C27H30INO5. The molecule has 1 heterocycles. The van der Waals surface area contributed by atoms with Crippen molar-refractivity contribution in [3.8, 4) is 23.8 Å². The number of hydrogen-bond acceptors (Lipinski definition) is 6. The molecule has 0 saturated heterocycles. The Morgan fingerprint density at radius 3 is 2.26 bits per heavy atom. The molecule has 0 unspecified atom stereocenters. The summed E-state index contributed by atoms with van der Waals surface area (Å²) in [5.74, 6) is 3.53. The molecule has 0 bridgehead atoms. The molecule has 0 spiro atoms. The minimum atomic E-state index is -0.390. The van der Waals surface area contributed by atoms with Gasteiger partial charge in [-0.25, -0.2) is 0 Å². The van der Waals surface area contributed by atoms with E-state index in [1.54, 1.807) is 7.11 Å². The molecule has 0 aromatic heterocycles. The van der Waals surface area contributed by atoms with E-state index in [4.69, 9.17) is 20.6 Å². The van der Waals surface area contributed by atoms with Crippen molar-refractivity contribution in [1.29, 1.82) is 0 Å². The largest absolute Gasteiger partial charge is 0.490 e. The third-order valence-electron chi connectivity index (χ3n) is 6.57. The number of rotatable bonds is 8. The maximum Gasteiger partial charge on any atom is 0.175 e. The summed E-state index contributed by atoms with van der Waals surface area (Å²) in [5, 5.41) is 0. The van der Waals surface area contributed by atoms with E-state index in [0.717, 1.165) is 57.4 Å². The highest BCUT2D eigenvalue weighted by molar-refractivity contribution is 14.1. The Kier molecular flexibility index (Phi) is 7.99. The van der Waals surface area contributed by atoms with Crippen molar-refractivity contribution in [3.63, 3.8) is 0 Å². The number of hydrogen-bond donors (Lipinski definition) is 0. The van der Waals surface area contributed by atoms with Crippen molar-refractivity contribution in [2.45, 2.75) is 51.4 Å². The summed E-state index contributed by atoms with van der Waals surface area (Å²) in [7, 11) is 1.68. The molecular weight excluding hydrogens is 545 g/mol. The molecule has 0 saturated carbocycles. The third kappa shape index (κ3) is 4.63. The van der Waals surface area contributed by atoms with Gasteiger partial charge in [0.05, 0.1) is 16.8 Å². The van der Waals surface area contributed by atoms with Crippen LogP contribution in [0.1, 0.15) is 56.9 Å². The highest BCUT2D eigenvalue weighted by atomic mass is 127. The van der Waals surface area contributed by atoms with Crippen LogP contribution in [0.15, 0.2) is 34.7 Å². The lowest BCUT2D eigenvalue weighted by atomic mass is 9.71. The lowest BCUT2D eigenvalue weighted by molar-refractivity contribution is -0.117. The van der Waals surface area contributed by atoms with Crippen LogP contribution in [0.5, 0.6) is 11.5 Å². The average molecular weight is 575 g/mol. The van der Waals surface area contributed by atoms with Crippen LogP contribution < -0.4 is 9.47 Å². The molecule has 0 radical (unpaired) electrons. The van der Waals surface area contributed by atoms with Crippen molar-refractivity contribution < 1.29 is 23.8 Å². The zero-order valence-electron chi connectivity index (χ0n) is 19.7. The molecule has 1 aliphatic heterocycles. The number of allylic oxidation sites excluding steroid dienone is 4. The van der Waals surface area contributed by atoms with E-state index in [0.29, 0.717) is 44.1 Å². The average Bonchev–Trinajstić information content (AvgIpc) is 2.82. The summed E-state index contributed by atoms with van der Waals surface area (Å²) < 4.78 is 17.9. The molecule has 0 amide bonds. The van der Waals surface area contributed by atoms with Crippen LogP contribution in [0.4, 0.5) is 0 Å². The van der Waals surface area contributed by atoms with E-state index in [-0.39, 0.29) is 24.1 Å². The third-order valence-corrected chi connectivity index (χ3v) is 7.37. The van der Waals surface area contributed by atoms with E-state index >= 15 is 0 Å². The highest BCUT2D eigenvalue weighted by Crippen LogP contribution is 2.50. The maximum absolute atomic E-state index is 13.4. The van der Waals surface area contributed by atoms with Crippen LogP contribution in [0, 0.1) is 15.9 Å². The van der Waals surface area contributed by atoms with Crippen LogP contribution in [0.2, 0.25) is 0 Å². The van der Waals surface area contributed by atoms with Crippen molar-refractivity contribution in [2.24, 2.45) is 0 Å². The normalized spacial score (nSPS) is 18.6. The van der Waals surface area contributed by atoms with Crippen LogP contribution in [0.25, 0.3) is 0 Å². The zero-order chi connectivity index (χ0) is 24.2. The molecule has 3 aliphatic rings. The van der Waals surface area contributed by atoms with Gasteiger partial charge in [-0.15, -0.1) is 6.42 Å². The second kappa shape index (κ2) is 11.0. The van der Waals surface area contributed by atoms with Gasteiger partial charge in [-0.05, 0) is 72.9 Å². The van der Waals surface area contributed by atoms with E-state index in [1.165, 1.54) is 0 Å². The van der Waals surface area contributed by atoms with Gasteiger partial charge in [0.25, 0.3) is 0 Å². The number of benzene rings is 1. The first-order valence-electron chi connectivity index (χ1n) is 11.8. The van der Waals surface area contributed by atoms with Gasteiger partial charge >= 0.3 is 0 Å². The summed E-state index contributed by atoms with van der Waals surface area (Å²) in [6, 6.07) is 3.93. The van der Waals surface area contributed by atoms with Crippen LogP contribution in [-0.4, -0.2) is 49.9 Å². The lowest BCUT2D eigenvalue weighted by Crippen LogP contribution is -2.40. The summed E-state index contributed by atoms with van der Waals surface area (Å²) >= 11 is 2.21. The van der Waals surface area contributed by atoms with E-state index in [2.05, 4.69) is 33.4 Å². The van der Waals surface area contributed by atoms with Crippen LogP contribution in [-0.2, 0) is 14.3 Å². The number of ether oxygens (including phenoxy) is 3. The van der Waals surface area contributed by atoms with Crippen molar-refractivity contribution in [1.82, 2.24) is 4.90 Å². The van der Waals surface area contributed by atoms with Crippen LogP contribution >= 0.6 is 22.6 Å². The molecule has 1 aromatic carbocycles. The van der Waals surface area contributed by atoms with Gasteiger partial charge in [-0.2, -0.15) is 0 Å². The SMILES string of the molecule is C#CCOc1c(I)cc(C2C3=C(CCCC3=O)N(CCOC)C3=C2C(=O)CCC3)cc1OCC. The topological polar surface area (TPSA) is 65.1 Å². The Morgan fingerprint density at radius 1 is 1.06 bits per heavy atom. The molecule has 1 aromatic rings. The lowest BCUT2D eigenvalue weighted by Gasteiger charge is -2.44. The number of Topliss-reactive ketones (excluding diaryl/α,β-unsaturated/α-hetero) is 2. The molecule has 0 N–H and O–H groups in total. The van der Waals surface area contributed by atoms with Gasteiger partial charge in [-0.1, -0.05) is 5.92 Å². The Morgan fingerprint density at radius 2 is 1.71 bits per heavy atom. The molecule has 6 nitrogen and oxygen atoms in total. The van der Waals surface area contributed by atoms with E-state index < -0.39 is 0 Å². The monoisotopic (exact) mass is 575 g/mol. The predicted octanol–water partition coefficient (Wildman–Crippen LogP) is 4.76. The minimum Gasteiger partial charge on any atom is -0.490 e. The van der Waals surface area contributed by atoms with Gasteiger partial charge in [0.1, 0.15) is 6.61 Å². The van der Waals surface area contributed by atoms with Gasteiger partial charge < -0.3 is 19.1 Å². The first-order chi connectivity index (χ1) is 16.5. The molecule has 34 heavy (non-hydrogen) atoms. The Labute approximate surface area is 214 Å². The number of methoxy groups -OCH3 is 1. The summed E-state index contributed by atoms with van der Waals surface area (Å²) in [4.78, 5) is 29.0. The Hall–Kier alpha value is -2.31. The second-order valence-electron chi connectivity index (χ2n) is 8.61. The van der Waals surface area contributed by atoms with Gasteiger partial charge in [0, 0.05) is 55.0 Å². The Bertz CT molecular complexity index is 1050. The van der Waals surface area contributed by atoms with Gasteiger partial charge in [-0.3, -0.25) is 9.59 Å². The van der Waals surface area contributed by atoms with Crippen LogP contribution in [0.3, 0.4) is 0 Å². The van der Waals surface area contributed by atoms with E-state index in [1.807, 2.05) is 19.1 Å². The molecule has 4 rings (SSSR count). The molecule has 180 valence electrons. The fourth-order valence-corrected chi connectivity index (χ4v) is 6.05. The Balaban J connectivity index is 1.91. The molecule has 2 aliphatic carbocycles. The second-order valence-corrected chi connectivity index (χ2v) is 9.77. The zero-order valence-corrected chi connectivity index (χ0v) is 21.9. The first-order valence-corrected chi connectivity index (χ1v) is 12.9. The minimum absolute atomic E-state index is 0.124. The number of ketones is 2. The number of halogens is 1. The predicted molar refractivity (Wildman–Crippen MR) is 138 cm³/mol.